The average molecular weight is 639 g/mol. The molecule has 2 atom stereocenters. The summed E-state index contributed by atoms with van der Waals surface area (Å²) in [4.78, 5) is 40.3. The molecule has 0 aromatic rings. The van der Waals surface area contributed by atoms with Gasteiger partial charge >= 0.3 is 6.09 Å². The summed E-state index contributed by atoms with van der Waals surface area (Å²) >= 11 is 3.90. The molecule has 242 valence electrons. The lowest BCUT2D eigenvalue weighted by Gasteiger charge is -2.33. The van der Waals surface area contributed by atoms with Gasteiger partial charge in [-0.15, -0.1) is 0 Å². The number of nitriles is 1. The van der Waals surface area contributed by atoms with Crippen LogP contribution in [0, 0.1) is 17.2 Å². The van der Waals surface area contributed by atoms with Gasteiger partial charge < -0.3 is 24.6 Å². The van der Waals surface area contributed by atoms with Crippen molar-refractivity contribution in [3.05, 3.63) is 0 Å². The summed E-state index contributed by atoms with van der Waals surface area (Å²) < 4.78 is 11.1. The van der Waals surface area contributed by atoms with Gasteiger partial charge in [-0.3, -0.25) is 19.9 Å². The third kappa shape index (κ3) is 12.3. The molecule has 4 aliphatic heterocycles. The third-order valence-corrected chi connectivity index (χ3v) is 10.5. The van der Waals surface area contributed by atoms with E-state index < -0.39 is 18.2 Å². The number of hydrogen-bond donors (Lipinski definition) is 2. The van der Waals surface area contributed by atoms with E-state index >= 15 is 0 Å². The number of hydrogen-bond acceptors (Lipinski definition) is 11. The number of rotatable bonds is 11. The average Bonchev–Trinajstić information content (AvgIpc) is 3.04. The number of carbonyl (C=O) groups is 2. The van der Waals surface area contributed by atoms with Crippen molar-refractivity contribution in [3.63, 3.8) is 0 Å². The van der Waals surface area contributed by atoms with E-state index in [9.17, 15) is 14.9 Å². The van der Waals surface area contributed by atoms with Gasteiger partial charge in [0.25, 0.3) is 0 Å². The van der Waals surface area contributed by atoms with Gasteiger partial charge in [-0.1, -0.05) is 0 Å². The lowest BCUT2D eigenvalue weighted by Crippen LogP contribution is -2.52. The number of nitrogens with zero attached hydrogens (tertiary/aromatic N) is 6. The van der Waals surface area contributed by atoms with Crippen molar-refractivity contribution in [1.82, 2.24) is 30.2 Å². The zero-order valence-corrected chi connectivity index (χ0v) is 27.3. The maximum absolute atomic E-state index is 13.7. The molecular weight excluding hydrogens is 589 g/mol. The summed E-state index contributed by atoms with van der Waals surface area (Å²) in [6, 6.07) is 0.978. The van der Waals surface area contributed by atoms with E-state index in [2.05, 4.69) is 38.5 Å². The molecule has 2 amide bonds. The Morgan fingerprint density at radius 2 is 1.70 bits per heavy atom. The van der Waals surface area contributed by atoms with Gasteiger partial charge in [0.05, 0.1) is 19.3 Å². The van der Waals surface area contributed by atoms with Crippen LogP contribution in [0.25, 0.3) is 0 Å². The minimum absolute atomic E-state index is 0.278. The molecule has 0 aliphatic carbocycles. The summed E-state index contributed by atoms with van der Waals surface area (Å²) in [6.45, 7) is 9.18. The molecule has 4 heterocycles. The zero-order chi connectivity index (χ0) is 30.3. The molecule has 2 unspecified atom stereocenters. The van der Waals surface area contributed by atoms with E-state index in [-0.39, 0.29) is 12.5 Å². The topological polar surface area (TPSA) is 126 Å². The van der Waals surface area contributed by atoms with Crippen LogP contribution in [-0.4, -0.2) is 165 Å². The van der Waals surface area contributed by atoms with Crippen molar-refractivity contribution >= 4 is 41.5 Å². The van der Waals surface area contributed by atoms with Crippen LogP contribution in [-0.2, 0) is 14.3 Å². The van der Waals surface area contributed by atoms with E-state index in [4.69, 9.17) is 14.5 Å². The van der Waals surface area contributed by atoms with Crippen LogP contribution in [0.3, 0.4) is 0 Å². The fourth-order valence-electron chi connectivity index (χ4n) is 5.67. The number of nitrogens with one attached hydrogen (secondary N) is 2. The Morgan fingerprint density at radius 3 is 2.40 bits per heavy atom. The van der Waals surface area contributed by atoms with Crippen molar-refractivity contribution in [2.24, 2.45) is 10.9 Å². The molecule has 4 aliphatic rings. The van der Waals surface area contributed by atoms with E-state index in [0.29, 0.717) is 57.7 Å². The second-order valence-electron chi connectivity index (χ2n) is 11.7. The molecule has 12 nitrogen and oxygen atoms in total. The van der Waals surface area contributed by atoms with E-state index in [1.54, 1.807) is 0 Å². The molecule has 43 heavy (non-hydrogen) atoms. The van der Waals surface area contributed by atoms with E-state index in [0.717, 1.165) is 57.2 Å². The maximum atomic E-state index is 13.7. The van der Waals surface area contributed by atoms with E-state index in [1.165, 1.54) is 24.3 Å². The highest BCUT2D eigenvalue weighted by atomic mass is 32.2. The molecule has 0 aromatic heterocycles. The van der Waals surface area contributed by atoms with Crippen molar-refractivity contribution in [2.45, 2.75) is 37.8 Å². The summed E-state index contributed by atoms with van der Waals surface area (Å²) in [7, 11) is 2.11. The van der Waals surface area contributed by atoms with Crippen LogP contribution in [0.4, 0.5) is 4.79 Å². The second kappa shape index (κ2) is 18.9. The lowest BCUT2D eigenvalue weighted by molar-refractivity contribution is -0.123. The van der Waals surface area contributed by atoms with Crippen LogP contribution < -0.4 is 10.6 Å². The smallest absolute Gasteiger partial charge is 0.414 e. The number of alkyl carbamates (subject to hydrolysis) is 1. The highest BCUT2D eigenvalue weighted by Gasteiger charge is 2.28. The van der Waals surface area contributed by atoms with Crippen LogP contribution in [0.2, 0.25) is 0 Å². The molecule has 0 saturated carbocycles. The van der Waals surface area contributed by atoms with Gasteiger partial charge in [0, 0.05) is 77.0 Å². The summed E-state index contributed by atoms with van der Waals surface area (Å²) in [5.74, 6) is 5.03. The van der Waals surface area contributed by atoms with E-state index in [1.807, 2.05) is 28.4 Å². The number of piperazine rings is 1. The van der Waals surface area contributed by atoms with Gasteiger partial charge in [0.1, 0.15) is 18.7 Å². The largest absolute Gasteiger partial charge is 0.448 e. The van der Waals surface area contributed by atoms with Crippen molar-refractivity contribution < 1.29 is 19.1 Å². The summed E-state index contributed by atoms with van der Waals surface area (Å²) in [6.07, 6.45) is 3.36. The monoisotopic (exact) mass is 638 g/mol. The van der Waals surface area contributed by atoms with Gasteiger partial charge in [0.2, 0.25) is 11.9 Å². The number of carbonyl (C=O) groups excluding carboxylic acids is 2. The molecule has 2 N–H and O–H groups in total. The number of aliphatic imine (C=N–C) groups is 1. The minimum atomic E-state index is -0.770. The predicted molar refractivity (Wildman–Crippen MR) is 173 cm³/mol. The number of guanidine groups is 1. The number of ether oxygens (including phenoxy) is 2. The Balaban J connectivity index is 1.40. The van der Waals surface area contributed by atoms with Gasteiger partial charge in [0.15, 0.2) is 0 Å². The number of thioether (sulfide) groups is 2. The Hall–Kier alpha value is -1.76. The summed E-state index contributed by atoms with van der Waals surface area (Å²) in [5, 5.41) is 15.7. The molecular formula is C29H50N8O4S2. The SMILES string of the molecule is CN1CCN(CCOC(=O)NC(=NC(CN2CCSCC2)C(=O)NC(C#N)CCC2CCSCC2)N2CCOCC2)CC1. The van der Waals surface area contributed by atoms with Crippen LogP contribution in [0.5, 0.6) is 0 Å². The molecule has 4 saturated heterocycles. The number of likely N-dealkylation sites (N-methyl/N-ethyl adjacent to an activating group) is 1. The van der Waals surface area contributed by atoms with Gasteiger partial charge in [-0.2, -0.15) is 28.8 Å². The van der Waals surface area contributed by atoms with Crippen LogP contribution >= 0.6 is 23.5 Å². The third-order valence-electron chi connectivity index (χ3n) is 8.55. The maximum Gasteiger partial charge on any atom is 0.414 e. The number of morpholine rings is 1. The van der Waals surface area contributed by atoms with Crippen LogP contribution in [0.1, 0.15) is 25.7 Å². The fraction of sp³-hybridized carbons (Fsp3) is 0.862. The molecule has 0 radical (unpaired) electrons. The zero-order valence-electron chi connectivity index (χ0n) is 25.7. The fourth-order valence-corrected chi connectivity index (χ4v) is 7.85. The molecule has 0 bridgehead atoms. The Morgan fingerprint density at radius 1 is 1.00 bits per heavy atom. The Labute approximate surface area is 265 Å². The molecule has 4 rings (SSSR count). The van der Waals surface area contributed by atoms with Gasteiger partial charge in [-0.25, -0.2) is 9.79 Å². The highest BCUT2D eigenvalue weighted by molar-refractivity contribution is 7.99. The standard InChI is InChI=1S/C29H50N8O4S2/c1-34-6-8-35(9-7-34)10-17-41-29(39)33-28(37-11-15-40-16-12-37)32-26(23-36-13-20-43-21-14-36)27(38)31-25(22-30)3-2-24-4-18-42-19-5-24/h24-26H,2-21,23H2,1H3,(H,31,38)(H,32,33,39). The van der Waals surface area contributed by atoms with Crippen LogP contribution in [0.15, 0.2) is 4.99 Å². The number of amides is 2. The first kappa shape index (κ1) is 34.1. The predicted octanol–water partition coefficient (Wildman–Crippen LogP) is 0.997. The Kier molecular flexibility index (Phi) is 15.0. The second-order valence-corrected chi connectivity index (χ2v) is 14.2. The molecule has 14 heteroatoms. The van der Waals surface area contributed by atoms with Crippen molar-refractivity contribution in [1.29, 1.82) is 5.26 Å². The van der Waals surface area contributed by atoms with Crippen molar-refractivity contribution in [2.75, 3.05) is 115 Å². The minimum Gasteiger partial charge on any atom is -0.448 e. The first-order chi connectivity index (χ1) is 21.0. The molecule has 0 spiro atoms. The summed E-state index contributed by atoms with van der Waals surface area (Å²) in [5.41, 5.74) is 0. The highest BCUT2D eigenvalue weighted by Crippen LogP contribution is 2.26. The lowest BCUT2D eigenvalue weighted by atomic mass is 9.95. The quantitative estimate of drug-likeness (QED) is 0.249. The van der Waals surface area contributed by atoms with Crippen molar-refractivity contribution in [3.8, 4) is 6.07 Å². The normalized spacial score (nSPS) is 23.3. The first-order valence-corrected chi connectivity index (χ1v) is 18.1. The molecule has 4 fully saturated rings. The Bertz CT molecular complexity index is 928. The van der Waals surface area contributed by atoms with Gasteiger partial charge in [-0.05, 0) is 50.2 Å². The first-order valence-electron chi connectivity index (χ1n) is 15.8. The molecule has 0 aromatic carbocycles.